The average Bonchev–Trinajstić information content (AvgIpc) is 3.02. The molecular weight excluding hydrogens is 328 g/mol. The van der Waals surface area contributed by atoms with Crippen LogP contribution >= 0.6 is 11.8 Å². The number of thioether (sulfide) groups is 1. The van der Waals surface area contributed by atoms with Crippen molar-refractivity contribution in [1.82, 2.24) is 9.80 Å². The summed E-state index contributed by atoms with van der Waals surface area (Å²) >= 11 is 1.56. The minimum absolute atomic E-state index is 0.00679. The molecule has 7 heteroatoms. The third-order valence-electron chi connectivity index (χ3n) is 4.40. The van der Waals surface area contributed by atoms with Crippen molar-refractivity contribution < 1.29 is 19.1 Å². The summed E-state index contributed by atoms with van der Waals surface area (Å²) in [4.78, 5) is 28.6. The summed E-state index contributed by atoms with van der Waals surface area (Å²) in [5, 5.41) is -0.136. The fourth-order valence-corrected chi connectivity index (χ4v) is 4.31. The van der Waals surface area contributed by atoms with E-state index in [1.54, 1.807) is 28.7 Å². The number of carbonyl (C=O) groups is 2. The molecule has 6 nitrogen and oxygen atoms in total. The molecule has 2 aliphatic rings. The van der Waals surface area contributed by atoms with Gasteiger partial charge in [0.15, 0.2) is 0 Å². The first-order chi connectivity index (χ1) is 11.6. The fourth-order valence-electron chi connectivity index (χ4n) is 3.05. The topological polar surface area (TPSA) is 59.1 Å². The van der Waals surface area contributed by atoms with Gasteiger partial charge in [-0.25, -0.2) is 0 Å². The quantitative estimate of drug-likeness (QED) is 0.824. The maximum Gasteiger partial charge on any atom is 0.245 e. The molecule has 2 heterocycles. The Morgan fingerprint density at radius 3 is 2.58 bits per heavy atom. The average molecular weight is 350 g/mol. The molecule has 0 bridgehead atoms. The largest absolute Gasteiger partial charge is 0.497 e. The van der Waals surface area contributed by atoms with Crippen molar-refractivity contribution in [2.45, 2.75) is 18.3 Å². The van der Waals surface area contributed by atoms with E-state index < -0.39 is 6.04 Å². The smallest absolute Gasteiger partial charge is 0.245 e. The summed E-state index contributed by atoms with van der Waals surface area (Å²) in [5.74, 6) is 1.18. The van der Waals surface area contributed by atoms with Gasteiger partial charge in [0.1, 0.15) is 17.2 Å². The molecule has 0 radical (unpaired) electrons. The Bertz CT molecular complexity index is 601. The van der Waals surface area contributed by atoms with Crippen LogP contribution in [0.25, 0.3) is 0 Å². The molecule has 0 aromatic heterocycles. The summed E-state index contributed by atoms with van der Waals surface area (Å²) in [6.07, 6.45) is 0. The van der Waals surface area contributed by atoms with Crippen molar-refractivity contribution in [1.29, 1.82) is 0 Å². The van der Waals surface area contributed by atoms with E-state index in [1.807, 2.05) is 31.2 Å². The number of amides is 2. The highest BCUT2D eigenvalue weighted by molar-refractivity contribution is 8.00. The van der Waals surface area contributed by atoms with E-state index in [0.29, 0.717) is 32.1 Å². The standard InChI is InChI=1S/C17H22N2O4S/c1-12(16(21)18-7-9-23-10-8-18)19-15(20)11-24-17(19)13-3-5-14(22-2)6-4-13/h3-6,12,17H,7-11H2,1-2H3/t12-,17-/m1/s1. The highest BCUT2D eigenvalue weighted by atomic mass is 32.2. The Morgan fingerprint density at radius 1 is 1.29 bits per heavy atom. The second-order valence-corrected chi connectivity index (χ2v) is 6.92. The van der Waals surface area contributed by atoms with Gasteiger partial charge in [0.2, 0.25) is 11.8 Å². The van der Waals surface area contributed by atoms with E-state index in [1.165, 1.54) is 0 Å². The summed E-state index contributed by atoms with van der Waals surface area (Å²) in [6.45, 7) is 4.11. The molecule has 0 aliphatic carbocycles. The number of methoxy groups -OCH3 is 1. The van der Waals surface area contributed by atoms with Crippen molar-refractivity contribution in [3.8, 4) is 5.75 Å². The number of rotatable bonds is 4. The summed E-state index contributed by atoms with van der Waals surface area (Å²) in [6, 6.07) is 7.19. The molecule has 24 heavy (non-hydrogen) atoms. The van der Waals surface area contributed by atoms with E-state index in [0.717, 1.165) is 11.3 Å². The van der Waals surface area contributed by atoms with Gasteiger partial charge in [0.05, 0.1) is 26.1 Å². The van der Waals surface area contributed by atoms with Crippen LogP contribution < -0.4 is 4.74 Å². The van der Waals surface area contributed by atoms with Crippen molar-refractivity contribution >= 4 is 23.6 Å². The Kier molecular flexibility index (Phi) is 5.30. The van der Waals surface area contributed by atoms with Crippen LogP contribution in [0.1, 0.15) is 17.9 Å². The van der Waals surface area contributed by atoms with Gasteiger partial charge in [0.25, 0.3) is 0 Å². The molecule has 0 unspecified atom stereocenters. The van der Waals surface area contributed by atoms with Gasteiger partial charge in [-0.3, -0.25) is 9.59 Å². The van der Waals surface area contributed by atoms with E-state index in [4.69, 9.17) is 9.47 Å². The Morgan fingerprint density at radius 2 is 1.96 bits per heavy atom. The second-order valence-electron chi connectivity index (χ2n) is 5.85. The zero-order chi connectivity index (χ0) is 17.1. The summed E-state index contributed by atoms with van der Waals surface area (Å²) in [5.41, 5.74) is 1.01. The van der Waals surface area contributed by atoms with Crippen molar-refractivity contribution in [3.05, 3.63) is 29.8 Å². The van der Waals surface area contributed by atoms with E-state index in [2.05, 4.69) is 0 Å². The molecule has 1 aromatic carbocycles. The van der Waals surface area contributed by atoms with E-state index in [9.17, 15) is 9.59 Å². The lowest BCUT2D eigenvalue weighted by atomic mass is 10.1. The number of hydrogen-bond donors (Lipinski definition) is 0. The van der Waals surface area contributed by atoms with Crippen LogP contribution in [0.4, 0.5) is 0 Å². The van der Waals surface area contributed by atoms with Crippen LogP contribution in [0.3, 0.4) is 0 Å². The molecule has 2 saturated heterocycles. The van der Waals surface area contributed by atoms with Crippen molar-refractivity contribution in [2.75, 3.05) is 39.2 Å². The van der Waals surface area contributed by atoms with Crippen molar-refractivity contribution in [3.63, 3.8) is 0 Å². The molecule has 2 atom stereocenters. The molecule has 1 aromatic rings. The number of morpholine rings is 1. The minimum atomic E-state index is -0.474. The van der Waals surface area contributed by atoms with Crippen molar-refractivity contribution in [2.24, 2.45) is 0 Å². The molecule has 2 fully saturated rings. The normalized spacial score (nSPS) is 22.6. The number of nitrogens with zero attached hydrogens (tertiary/aromatic N) is 2. The molecule has 0 spiro atoms. The van der Waals surface area contributed by atoms with Gasteiger partial charge in [-0.2, -0.15) is 0 Å². The lowest BCUT2D eigenvalue weighted by molar-refractivity contribution is -0.146. The molecular formula is C17H22N2O4S. The van der Waals surface area contributed by atoms with Crippen LogP contribution in [-0.2, 0) is 14.3 Å². The second kappa shape index (κ2) is 7.44. The zero-order valence-electron chi connectivity index (χ0n) is 13.9. The number of ether oxygens (including phenoxy) is 2. The third-order valence-corrected chi connectivity index (χ3v) is 5.63. The minimum Gasteiger partial charge on any atom is -0.497 e. The molecule has 2 amide bonds. The first-order valence-corrected chi connectivity index (χ1v) is 9.10. The van der Waals surface area contributed by atoms with Gasteiger partial charge in [-0.05, 0) is 24.6 Å². The lowest BCUT2D eigenvalue weighted by Crippen LogP contribution is -2.51. The van der Waals surface area contributed by atoms with Gasteiger partial charge in [-0.15, -0.1) is 11.8 Å². The first-order valence-electron chi connectivity index (χ1n) is 8.05. The Balaban J connectivity index is 1.77. The third kappa shape index (κ3) is 3.37. The van der Waals surface area contributed by atoms with Crippen LogP contribution in [0, 0.1) is 0 Å². The zero-order valence-corrected chi connectivity index (χ0v) is 14.8. The Labute approximate surface area is 146 Å². The maximum atomic E-state index is 12.8. The number of benzene rings is 1. The predicted octanol–water partition coefficient (Wildman–Crippen LogP) is 1.52. The van der Waals surface area contributed by atoms with Gasteiger partial charge < -0.3 is 19.3 Å². The molecule has 0 N–H and O–H groups in total. The number of carbonyl (C=O) groups excluding carboxylic acids is 2. The van der Waals surface area contributed by atoms with Crippen LogP contribution in [0.15, 0.2) is 24.3 Å². The van der Waals surface area contributed by atoms with E-state index in [-0.39, 0.29) is 17.2 Å². The lowest BCUT2D eigenvalue weighted by Gasteiger charge is -2.35. The highest BCUT2D eigenvalue weighted by Gasteiger charge is 2.40. The summed E-state index contributed by atoms with van der Waals surface area (Å²) in [7, 11) is 1.62. The highest BCUT2D eigenvalue weighted by Crippen LogP contribution is 2.40. The van der Waals surface area contributed by atoms with Crippen LogP contribution in [0.5, 0.6) is 5.75 Å². The molecule has 2 aliphatic heterocycles. The monoisotopic (exact) mass is 350 g/mol. The van der Waals surface area contributed by atoms with Gasteiger partial charge >= 0.3 is 0 Å². The van der Waals surface area contributed by atoms with Gasteiger partial charge in [-0.1, -0.05) is 12.1 Å². The Hall–Kier alpha value is -1.73. The van der Waals surface area contributed by atoms with E-state index >= 15 is 0 Å². The van der Waals surface area contributed by atoms with Gasteiger partial charge in [0, 0.05) is 13.1 Å². The summed E-state index contributed by atoms with van der Waals surface area (Å²) < 4.78 is 10.5. The van der Waals surface area contributed by atoms with Crippen LogP contribution in [-0.4, -0.2) is 66.8 Å². The molecule has 130 valence electrons. The SMILES string of the molecule is COc1ccc([C@H]2SCC(=O)N2[C@H](C)C(=O)N2CCOCC2)cc1. The fraction of sp³-hybridized carbons (Fsp3) is 0.529. The predicted molar refractivity (Wildman–Crippen MR) is 91.9 cm³/mol. The van der Waals surface area contributed by atoms with Crippen LogP contribution in [0.2, 0.25) is 0 Å². The maximum absolute atomic E-state index is 12.8. The molecule has 0 saturated carbocycles. The first kappa shape index (κ1) is 17.1. The molecule has 3 rings (SSSR count). The number of hydrogen-bond acceptors (Lipinski definition) is 5.